The standard InChI is InChI=1S/C14H23N3O3/c1-5-16(8-6-12(18)20-4)13-14(19)17(9-7-15-13)10-11(2)3/h7,9,11H,5-6,8,10H2,1-4H3. The van der Waals surface area contributed by atoms with E-state index in [9.17, 15) is 9.59 Å². The first-order valence-corrected chi connectivity index (χ1v) is 6.86. The number of hydrogen-bond acceptors (Lipinski definition) is 5. The summed E-state index contributed by atoms with van der Waals surface area (Å²) in [6.45, 7) is 7.74. The molecular weight excluding hydrogens is 258 g/mol. The molecule has 112 valence electrons. The molecule has 0 aliphatic heterocycles. The van der Waals surface area contributed by atoms with E-state index in [-0.39, 0.29) is 17.9 Å². The second kappa shape index (κ2) is 7.67. The second-order valence-electron chi connectivity index (χ2n) is 5.01. The number of carbonyl (C=O) groups is 1. The van der Waals surface area contributed by atoms with E-state index in [0.717, 1.165) is 0 Å². The van der Waals surface area contributed by atoms with Gasteiger partial charge >= 0.3 is 5.97 Å². The first-order chi connectivity index (χ1) is 9.49. The van der Waals surface area contributed by atoms with E-state index >= 15 is 0 Å². The Morgan fingerprint density at radius 3 is 2.75 bits per heavy atom. The Balaban J connectivity index is 2.92. The minimum Gasteiger partial charge on any atom is -0.469 e. The molecule has 1 aromatic rings. The van der Waals surface area contributed by atoms with Crippen LogP contribution in [0.1, 0.15) is 27.2 Å². The summed E-state index contributed by atoms with van der Waals surface area (Å²) in [6.07, 6.45) is 3.56. The van der Waals surface area contributed by atoms with Gasteiger partial charge in [-0.3, -0.25) is 9.59 Å². The number of carbonyl (C=O) groups excluding carboxylic acids is 1. The Kier molecular flexibility index (Phi) is 6.21. The van der Waals surface area contributed by atoms with Crippen molar-refractivity contribution < 1.29 is 9.53 Å². The number of hydrogen-bond donors (Lipinski definition) is 0. The number of anilines is 1. The van der Waals surface area contributed by atoms with Crippen molar-refractivity contribution in [2.24, 2.45) is 5.92 Å². The third-order valence-corrected chi connectivity index (χ3v) is 2.95. The van der Waals surface area contributed by atoms with Gasteiger partial charge < -0.3 is 14.2 Å². The molecule has 1 heterocycles. The number of aromatic nitrogens is 2. The molecule has 0 saturated heterocycles. The lowest BCUT2D eigenvalue weighted by atomic mass is 10.2. The molecule has 20 heavy (non-hydrogen) atoms. The predicted molar refractivity (Wildman–Crippen MR) is 77.9 cm³/mol. The van der Waals surface area contributed by atoms with E-state index < -0.39 is 0 Å². The van der Waals surface area contributed by atoms with Crippen molar-refractivity contribution in [3.05, 3.63) is 22.7 Å². The Labute approximate surface area is 119 Å². The van der Waals surface area contributed by atoms with Crippen molar-refractivity contribution >= 4 is 11.8 Å². The van der Waals surface area contributed by atoms with Gasteiger partial charge in [0.05, 0.1) is 13.5 Å². The highest BCUT2D eigenvalue weighted by molar-refractivity contribution is 5.69. The van der Waals surface area contributed by atoms with E-state index in [1.54, 1.807) is 21.9 Å². The summed E-state index contributed by atoms with van der Waals surface area (Å²) < 4.78 is 6.28. The molecule has 0 aliphatic rings. The number of ether oxygens (including phenoxy) is 1. The largest absolute Gasteiger partial charge is 0.469 e. The molecule has 0 fully saturated rings. The molecule has 0 spiro atoms. The van der Waals surface area contributed by atoms with Crippen LogP contribution in [0.25, 0.3) is 0 Å². The third-order valence-electron chi connectivity index (χ3n) is 2.95. The van der Waals surface area contributed by atoms with Gasteiger partial charge in [-0.15, -0.1) is 0 Å². The highest BCUT2D eigenvalue weighted by atomic mass is 16.5. The number of esters is 1. The zero-order chi connectivity index (χ0) is 15.1. The van der Waals surface area contributed by atoms with Gasteiger partial charge in [0.15, 0.2) is 5.82 Å². The Morgan fingerprint density at radius 2 is 2.20 bits per heavy atom. The highest BCUT2D eigenvalue weighted by Gasteiger charge is 2.14. The SMILES string of the molecule is CCN(CCC(=O)OC)c1nccn(CC(C)C)c1=O. The zero-order valence-electron chi connectivity index (χ0n) is 12.6. The van der Waals surface area contributed by atoms with Gasteiger partial charge in [0.1, 0.15) is 0 Å². The molecule has 0 atom stereocenters. The monoisotopic (exact) mass is 281 g/mol. The summed E-state index contributed by atoms with van der Waals surface area (Å²) >= 11 is 0. The summed E-state index contributed by atoms with van der Waals surface area (Å²) in [6, 6.07) is 0. The zero-order valence-corrected chi connectivity index (χ0v) is 12.6. The van der Waals surface area contributed by atoms with Gasteiger partial charge in [-0.05, 0) is 12.8 Å². The highest BCUT2D eigenvalue weighted by Crippen LogP contribution is 2.06. The molecule has 1 rings (SSSR count). The normalized spacial score (nSPS) is 10.7. The number of nitrogens with zero attached hydrogens (tertiary/aromatic N) is 3. The fraction of sp³-hybridized carbons (Fsp3) is 0.643. The Morgan fingerprint density at radius 1 is 1.50 bits per heavy atom. The average Bonchev–Trinajstić information content (AvgIpc) is 2.42. The molecule has 0 unspecified atom stereocenters. The van der Waals surface area contributed by atoms with Crippen LogP contribution in [-0.2, 0) is 16.1 Å². The summed E-state index contributed by atoms with van der Waals surface area (Å²) in [5.74, 6) is 0.481. The van der Waals surface area contributed by atoms with Crippen molar-refractivity contribution in [1.82, 2.24) is 9.55 Å². The molecular formula is C14H23N3O3. The molecule has 0 aromatic carbocycles. The lowest BCUT2D eigenvalue weighted by Gasteiger charge is -2.21. The smallest absolute Gasteiger partial charge is 0.307 e. The predicted octanol–water partition coefficient (Wildman–Crippen LogP) is 1.29. The lowest BCUT2D eigenvalue weighted by Crippen LogP contribution is -2.35. The first-order valence-electron chi connectivity index (χ1n) is 6.86. The minimum atomic E-state index is -0.290. The molecule has 6 nitrogen and oxygen atoms in total. The molecule has 0 aliphatic carbocycles. The van der Waals surface area contributed by atoms with Crippen LogP contribution in [0.3, 0.4) is 0 Å². The van der Waals surface area contributed by atoms with Gasteiger partial charge in [0.25, 0.3) is 5.56 Å². The van der Waals surface area contributed by atoms with Crippen LogP contribution < -0.4 is 10.5 Å². The van der Waals surface area contributed by atoms with Gasteiger partial charge in [-0.2, -0.15) is 0 Å². The van der Waals surface area contributed by atoms with E-state index in [1.165, 1.54) is 7.11 Å². The minimum absolute atomic E-state index is 0.118. The van der Waals surface area contributed by atoms with Crippen LogP contribution in [0.4, 0.5) is 5.82 Å². The quantitative estimate of drug-likeness (QED) is 0.705. The second-order valence-corrected chi connectivity index (χ2v) is 5.01. The molecule has 0 amide bonds. The molecule has 0 radical (unpaired) electrons. The third kappa shape index (κ3) is 4.36. The van der Waals surface area contributed by atoms with Crippen molar-refractivity contribution in [3.63, 3.8) is 0 Å². The van der Waals surface area contributed by atoms with Gasteiger partial charge in [0.2, 0.25) is 0 Å². The van der Waals surface area contributed by atoms with Gasteiger partial charge in [-0.1, -0.05) is 13.8 Å². The fourth-order valence-corrected chi connectivity index (χ4v) is 1.93. The Bertz CT molecular complexity index is 497. The van der Waals surface area contributed by atoms with Gasteiger partial charge in [0, 0.05) is 32.0 Å². The topological polar surface area (TPSA) is 64.4 Å². The van der Waals surface area contributed by atoms with Crippen LogP contribution in [0.15, 0.2) is 17.2 Å². The molecule has 6 heteroatoms. The Hall–Kier alpha value is -1.85. The molecule has 0 bridgehead atoms. The van der Waals surface area contributed by atoms with Crippen molar-refractivity contribution in [2.45, 2.75) is 33.7 Å². The van der Waals surface area contributed by atoms with E-state index in [2.05, 4.69) is 23.6 Å². The van der Waals surface area contributed by atoms with Crippen LogP contribution in [0, 0.1) is 5.92 Å². The first kappa shape index (κ1) is 16.2. The summed E-state index contributed by atoms with van der Waals surface area (Å²) in [4.78, 5) is 29.5. The molecule has 0 saturated carbocycles. The van der Waals surface area contributed by atoms with E-state index in [0.29, 0.717) is 31.4 Å². The van der Waals surface area contributed by atoms with Crippen molar-refractivity contribution in [2.75, 3.05) is 25.1 Å². The van der Waals surface area contributed by atoms with Crippen LogP contribution in [-0.4, -0.2) is 35.7 Å². The molecule has 1 aromatic heterocycles. The number of rotatable bonds is 7. The van der Waals surface area contributed by atoms with Crippen molar-refractivity contribution in [1.29, 1.82) is 0 Å². The average molecular weight is 281 g/mol. The van der Waals surface area contributed by atoms with Crippen LogP contribution >= 0.6 is 0 Å². The van der Waals surface area contributed by atoms with E-state index in [4.69, 9.17) is 0 Å². The van der Waals surface area contributed by atoms with Crippen LogP contribution in [0.5, 0.6) is 0 Å². The van der Waals surface area contributed by atoms with Crippen molar-refractivity contribution in [3.8, 4) is 0 Å². The maximum absolute atomic E-state index is 12.4. The number of methoxy groups -OCH3 is 1. The molecule has 0 N–H and O–H groups in total. The van der Waals surface area contributed by atoms with E-state index in [1.807, 2.05) is 6.92 Å². The summed E-state index contributed by atoms with van der Waals surface area (Å²) in [5.41, 5.74) is -0.118. The van der Waals surface area contributed by atoms with Crippen LogP contribution in [0.2, 0.25) is 0 Å². The lowest BCUT2D eigenvalue weighted by molar-refractivity contribution is -0.140. The summed E-state index contributed by atoms with van der Waals surface area (Å²) in [5, 5.41) is 0. The fourth-order valence-electron chi connectivity index (χ4n) is 1.93. The maximum Gasteiger partial charge on any atom is 0.307 e. The van der Waals surface area contributed by atoms with Gasteiger partial charge in [-0.25, -0.2) is 4.98 Å². The maximum atomic E-state index is 12.4. The summed E-state index contributed by atoms with van der Waals surface area (Å²) in [7, 11) is 1.36.